The molecule has 0 atom stereocenters. The molecule has 0 bridgehead atoms. The highest BCUT2D eigenvalue weighted by molar-refractivity contribution is 5.70. The molecule has 2 fully saturated rings. The number of anilines is 2. The highest BCUT2D eigenvalue weighted by Crippen LogP contribution is 2.32. The van der Waals surface area contributed by atoms with Crippen LogP contribution in [0.4, 0.5) is 17.3 Å². The maximum Gasteiger partial charge on any atom is 0.353 e. The zero-order valence-corrected chi connectivity index (χ0v) is 14.5. The van der Waals surface area contributed by atoms with Crippen molar-refractivity contribution in [2.45, 2.75) is 25.7 Å². The SMILES string of the molecule is O=[N+]([O-])c1c(NCCN2CCOCC2)ncnc1N1CCCCCC1. The van der Waals surface area contributed by atoms with Gasteiger partial charge in [-0.1, -0.05) is 12.8 Å². The molecule has 1 aromatic rings. The van der Waals surface area contributed by atoms with E-state index in [1.165, 1.54) is 19.2 Å². The summed E-state index contributed by atoms with van der Waals surface area (Å²) >= 11 is 0. The van der Waals surface area contributed by atoms with Crippen LogP contribution in [0.2, 0.25) is 0 Å². The van der Waals surface area contributed by atoms with Gasteiger partial charge in [0, 0.05) is 39.3 Å². The average molecular weight is 350 g/mol. The van der Waals surface area contributed by atoms with Crippen molar-refractivity contribution in [3.63, 3.8) is 0 Å². The largest absolute Gasteiger partial charge is 0.379 e. The summed E-state index contributed by atoms with van der Waals surface area (Å²) in [4.78, 5) is 24.0. The van der Waals surface area contributed by atoms with Crippen LogP contribution in [-0.4, -0.2) is 72.3 Å². The van der Waals surface area contributed by atoms with Crippen molar-refractivity contribution in [1.29, 1.82) is 0 Å². The number of hydrogen-bond acceptors (Lipinski definition) is 8. The first-order chi connectivity index (χ1) is 12.3. The van der Waals surface area contributed by atoms with Crippen molar-refractivity contribution >= 4 is 17.3 Å². The van der Waals surface area contributed by atoms with E-state index in [1.807, 2.05) is 4.90 Å². The van der Waals surface area contributed by atoms with Gasteiger partial charge >= 0.3 is 5.69 Å². The summed E-state index contributed by atoms with van der Waals surface area (Å²) in [6.45, 7) is 6.32. The Morgan fingerprint density at radius 3 is 2.52 bits per heavy atom. The Balaban J connectivity index is 1.69. The highest BCUT2D eigenvalue weighted by atomic mass is 16.6. The molecule has 2 aliphatic rings. The Kier molecular flexibility index (Phi) is 6.35. The number of aromatic nitrogens is 2. The van der Waals surface area contributed by atoms with Gasteiger partial charge in [0.25, 0.3) is 0 Å². The molecule has 1 N–H and O–H groups in total. The van der Waals surface area contributed by atoms with Crippen molar-refractivity contribution in [3.05, 3.63) is 16.4 Å². The van der Waals surface area contributed by atoms with Gasteiger partial charge in [0.05, 0.1) is 18.1 Å². The second kappa shape index (κ2) is 8.91. The minimum absolute atomic E-state index is 0.00798. The van der Waals surface area contributed by atoms with Gasteiger partial charge in [-0.3, -0.25) is 15.0 Å². The first-order valence-corrected chi connectivity index (χ1v) is 9.04. The lowest BCUT2D eigenvalue weighted by Crippen LogP contribution is -2.39. The van der Waals surface area contributed by atoms with E-state index in [1.54, 1.807) is 0 Å². The number of morpholine rings is 1. The van der Waals surface area contributed by atoms with Crippen molar-refractivity contribution in [2.75, 3.05) is 62.7 Å². The highest BCUT2D eigenvalue weighted by Gasteiger charge is 2.27. The summed E-state index contributed by atoms with van der Waals surface area (Å²) in [7, 11) is 0. The molecule has 0 radical (unpaired) electrons. The summed E-state index contributed by atoms with van der Waals surface area (Å²) < 4.78 is 5.33. The molecule has 3 rings (SSSR count). The number of nitrogens with zero attached hydrogens (tertiary/aromatic N) is 5. The monoisotopic (exact) mass is 350 g/mol. The Labute approximate surface area is 147 Å². The molecule has 9 heteroatoms. The molecule has 0 amide bonds. The molecule has 0 spiro atoms. The molecule has 0 saturated carbocycles. The zero-order valence-electron chi connectivity index (χ0n) is 14.5. The number of nitrogens with one attached hydrogen (secondary N) is 1. The fourth-order valence-corrected chi connectivity index (χ4v) is 3.34. The normalized spacial score (nSPS) is 19.4. The van der Waals surface area contributed by atoms with Crippen LogP contribution < -0.4 is 10.2 Å². The number of hydrogen-bond donors (Lipinski definition) is 1. The van der Waals surface area contributed by atoms with E-state index in [2.05, 4.69) is 20.2 Å². The smallest absolute Gasteiger partial charge is 0.353 e. The number of nitro groups is 1. The summed E-state index contributed by atoms with van der Waals surface area (Å²) in [5.74, 6) is 0.753. The van der Waals surface area contributed by atoms with Crippen LogP contribution >= 0.6 is 0 Å². The van der Waals surface area contributed by atoms with Crippen LogP contribution in [0.5, 0.6) is 0 Å². The van der Waals surface area contributed by atoms with E-state index in [-0.39, 0.29) is 10.6 Å². The minimum atomic E-state index is -0.364. The Bertz CT molecular complexity index is 571. The van der Waals surface area contributed by atoms with Crippen LogP contribution in [0, 0.1) is 10.1 Å². The van der Waals surface area contributed by atoms with Crippen LogP contribution in [-0.2, 0) is 4.74 Å². The lowest BCUT2D eigenvalue weighted by molar-refractivity contribution is -0.383. The molecule has 3 heterocycles. The average Bonchev–Trinajstić information content (AvgIpc) is 2.91. The van der Waals surface area contributed by atoms with Crippen LogP contribution in [0.25, 0.3) is 0 Å². The molecule has 138 valence electrons. The maximum atomic E-state index is 11.7. The van der Waals surface area contributed by atoms with Gasteiger partial charge in [-0.2, -0.15) is 0 Å². The second-order valence-electron chi connectivity index (χ2n) is 6.43. The molecule has 0 aromatic carbocycles. The van der Waals surface area contributed by atoms with Crippen molar-refractivity contribution in [1.82, 2.24) is 14.9 Å². The molecule has 0 unspecified atom stereocenters. The van der Waals surface area contributed by atoms with Gasteiger partial charge in [0.1, 0.15) is 6.33 Å². The fourth-order valence-electron chi connectivity index (χ4n) is 3.34. The summed E-state index contributed by atoms with van der Waals surface area (Å²) in [6, 6.07) is 0. The van der Waals surface area contributed by atoms with Crippen molar-refractivity contribution in [2.24, 2.45) is 0 Å². The molecular weight excluding hydrogens is 324 g/mol. The van der Waals surface area contributed by atoms with Crippen LogP contribution in [0.3, 0.4) is 0 Å². The summed E-state index contributed by atoms with van der Waals surface area (Å²) in [5, 5.41) is 14.8. The lowest BCUT2D eigenvalue weighted by atomic mass is 10.2. The first kappa shape index (κ1) is 17.8. The topological polar surface area (TPSA) is 96.7 Å². The van der Waals surface area contributed by atoms with Crippen LogP contribution in [0.1, 0.15) is 25.7 Å². The third kappa shape index (κ3) is 4.76. The maximum absolute atomic E-state index is 11.7. The molecule has 1 aromatic heterocycles. The van der Waals surface area contributed by atoms with E-state index in [9.17, 15) is 10.1 Å². The van der Waals surface area contributed by atoms with Gasteiger partial charge in [0.2, 0.25) is 11.6 Å². The van der Waals surface area contributed by atoms with E-state index in [0.29, 0.717) is 18.2 Å². The van der Waals surface area contributed by atoms with Gasteiger partial charge in [-0.15, -0.1) is 0 Å². The van der Waals surface area contributed by atoms with E-state index >= 15 is 0 Å². The minimum Gasteiger partial charge on any atom is -0.379 e. The van der Waals surface area contributed by atoms with Gasteiger partial charge in [-0.05, 0) is 12.8 Å². The Morgan fingerprint density at radius 1 is 1.12 bits per heavy atom. The van der Waals surface area contributed by atoms with Gasteiger partial charge in [0.15, 0.2) is 0 Å². The molecule has 2 saturated heterocycles. The second-order valence-corrected chi connectivity index (χ2v) is 6.43. The number of rotatable bonds is 6. The van der Waals surface area contributed by atoms with E-state index < -0.39 is 0 Å². The predicted molar refractivity (Wildman–Crippen MR) is 95.1 cm³/mol. The molecule has 2 aliphatic heterocycles. The predicted octanol–water partition coefficient (Wildman–Crippen LogP) is 1.51. The third-order valence-electron chi connectivity index (χ3n) is 4.72. The third-order valence-corrected chi connectivity index (χ3v) is 4.72. The van der Waals surface area contributed by atoms with E-state index in [0.717, 1.165) is 58.8 Å². The fraction of sp³-hybridized carbons (Fsp3) is 0.750. The quantitative estimate of drug-likeness (QED) is 0.609. The zero-order chi connectivity index (χ0) is 17.5. The van der Waals surface area contributed by atoms with E-state index in [4.69, 9.17) is 4.74 Å². The first-order valence-electron chi connectivity index (χ1n) is 9.04. The number of ether oxygens (including phenoxy) is 1. The standard InChI is InChI=1S/C16H26N6O3/c23-22(24)14-15(17-5-8-20-9-11-25-12-10-20)18-13-19-16(14)21-6-3-1-2-4-7-21/h13H,1-12H2,(H,17,18,19). The Morgan fingerprint density at radius 2 is 1.84 bits per heavy atom. The summed E-state index contributed by atoms with van der Waals surface area (Å²) in [5.41, 5.74) is -0.00798. The van der Waals surface area contributed by atoms with Gasteiger partial charge < -0.3 is 15.0 Å². The van der Waals surface area contributed by atoms with Crippen molar-refractivity contribution in [3.8, 4) is 0 Å². The van der Waals surface area contributed by atoms with Crippen LogP contribution in [0.15, 0.2) is 6.33 Å². The molecule has 25 heavy (non-hydrogen) atoms. The summed E-state index contributed by atoms with van der Waals surface area (Å²) in [6.07, 6.45) is 5.84. The molecular formula is C16H26N6O3. The Hall–Kier alpha value is -2.00. The molecule has 0 aliphatic carbocycles. The van der Waals surface area contributed by atoms with Gasteiger partial charge in [-0.25, -0.2) is 9.97 Å². The lowest BCUT2D eigenvalue weighted by Gasteiger charge is -2.26. The molecule has 9 nitrogen and oxygen atoms in total. The van der Waals surface area contributed by atoms with Crippen molar-refractivity contribution < 1.29 is 9.66 Å².